The van der Waals surface area contributed by atoms with E-state index in [0.717, 1.165) is 22.4 Å². The lowest BCUT2D eigenvalue weighted by Crippen LogP contribution is -1.99. The van der Waals surface area contributed by atoms with Gasteiger partial charge in [0, 0.05) is 6.42 Å². The van der Waals surface area contributed by atoms with Crippen LogP contribution in [0.1, 0.15) is 17.0 Å². The fourth-order valence-electron chi connectivity index (χ4n) is 2.17. The Labute approximate surface area is 114 Å². The van der Waals surface area contributed by atoms with Crippen LogP contribution in [0.4, 0.5) is 0 Å². The molecule has 0 bridgehead atoms. The van der Waals surface area contributed by atoms with E-state index in [-0.39, 0.29) is 0 Å². The molecule has 0 radical (unpaired) electrons. The van der Waals surface area contributed by atoms with E-state index in [1.54, 1.807) is 0 Å². The summed E-state index contributed by atoms with van der Waals surface area (Å²) in [5, 5.41) is 0. The van der Waals surface area contributed by atoms with Crippen LogP contribution in [0.3, 0.4) is 0 Å². The van der Waals surface area contributed by atoms with Gasteiger partial charge in [-0.25, -0.2) is 4.98 Å². The molecule has 0 aliphatic carbocycles. The molecule has 0 N–H and O–H groups in total. The fourth-order valence-corrected chi connectivity index (χ4v) is 2.74. The summed E-state index contributed by atoms with van der Waals surface area (Å²) in [7, 11) is 0. The lowest BCUT2D eigenvalue weighted by atomic mass is 10.1. The highest BCUT2D eigenvalue weighted by Crippen LogP contribution is 2.19. The Hall–Kier alpha value is -1.61. The van der Waals surface area contributed by atoms with Crippen molar-refractivity contribution in [2.75, 3.05) is 0 Å². The number of aromatic nitrogens is 2. The average Bonchev–Trinajstić information content (AvgIpc) is 2.77. The van der Waals surface area contributed by atoms with Crippen LogP contribution in [0.15, 0.2) is 53.3 Å². The number of fused-ring (bicyclic) bond motifs is 1. The van der Waals surface area contributed by atoms with Crippen LogP contribution in [0.25, 0.3) is 5.52 Å². The molecule has 3 heteroatoms. The molecule has 2 nitrogen and oxygen atoms in total. The number of nitrogens with zero attached hydrogens (tertiary/aromatic N) is 2. The molecule has 3 aromatic rings. The Kier molecular flexibility index (Phi) is 2.92. The third kappa shape index (κ3) is 1.95. The van der Waals surface area contributed by atoms with Crippen molar-refractivity contribution in [3.63, 3.8) is 0 Å². The van der Waals surface area contributed by atoms with Crippen LogP contribution in [0, 0.1) is 6.92 Å². The Morgan fingerprint density at radius 2 is 1.94 bits per heavy atom. The summed E-state index contributed by atoms with van der Waals surface area (Å²) in [5.74, 6) is 1.06. The van der Waals surface area contributed by atoms with Crippen molar-refractivity contribution in [2.45, 2.75) is 13.3 Å². The number of aryl methyl sites for hydroxylation is 1. The molecule has 0 atom stereocenters. The number of imidazole rings is 1. The average molecular weight is 301 g/mol. The highest BCUT2D eigenvalue weighted by molar-refractivity contribution is 9.10. The van der Waals surface area contributed by atoms with E-state index < -0.39 is 0 Å². The second-order valence-electron chi connectivity index (χ2n) is 4.39. The Morgan fingerprint density at radius 1 is 1.11 bits per heavy atom. The van der Waals surface area contributed by atoms with Crippen molar-refractivity contribution in [3.05, 3.63) is 70.2 Å². The Balaban J connectivity index is 2.09. The van der Waals surface area contributed by atoms with Gasteiger partial charge in [-0.15, -0.1) is 0 Å². The predicted molar refractivity (Wildman–Crippen MR) is 76.9 cm³/mol. The second kappa shape index (κ2) is 4.58. The molecule has 0 fully saturated rings. The van der Waals surface area contributed by atoms with E-state index >= 15 is 0 Å². The number of hydrogen-bond acceptors (Lipinski definition) is 1. The lowest BCUT2D eigenvalue weighted by Gasteiger charge is -2.06. The third-order valence-corrected chi connectivity index (χ3v) is 3.81. The van der Waals surface area contributed by atoms with Crippen LogP contribution in [0.2, 0.25) is 0 Å². The molecule has 18 heavy (non-hydrogen) atoms. The van der Waals surface area contributed by atoms with E-state index in [1.807, 2.05) is 18.3 Å². The van der Waals surface area contributed by atoms with Crippen LogP contribution < -0.4 is 0 Å². The molecule has 0 unspecified atom stereocenters. The number of hydrogen-bond donors (Lipinski definition) is 0. The van der Waals surface area contributed by atoms with Crippen molar-refractivity contribution < 1.29 is 0 Å². The van der Waals surface area contributed by atoms with Gasteiger partial charge in [-0.05, 0) is 46.1 Å². The zero-order valence-corrected chi connectivity index (χ0v) is 11.7. The van der Waals surface area contributed by atoms with E-state index in [0.29, 0.717) is 0 Å². The van der Waals surface area contributed by atoms with Gasteiger partial charge in [-0.3, -0.25) is 4.40 Å². The maximum Gasteiger partial charge on any atom is 0.118 e. The highest BCUT2D eigenvalue weighted by Gasteiger charge is 2.08. The summed E-state index contributed by atoms with van der Waals surface area (Å²) in [6.07, 6.45) is 2.77. The largest absolute Gasteiger partial charge is 0.290 e. The van der Waals surface area contributed by atoms with Crippen LogP contribution >= 0.6 is 15.9 Å². The summed E-state index contributed by atoms with van der Waals surface area (Å²) in [5.41, 5.74) is 3.75. The SMILES string of the molecule is Cc1ccccc1Cc1ncc2cccc(Br)n12. The Morgan fingerprint density at radius 3 is 2.78 bits per heavy atom. The minimum atomic E-state index is 0.851. The molecule has 2 aromatic heterocycles. The van der Waals surface area contributed by atoms with Gasteiger partial charge >= 0.3 is 0 Å². The quantitative estimate of drug-likeness (QED) is 0.654. The third-order valence-electron chi connectivity index (χ3n) is 3.19. The van der Waals surface area contributed by atoms with Gasteiger partial charge in [0.05, 0.1) is 16.3 Å². The van der Waals surface area contributed by atoms with E-state index in [1.165, 1.54) is 11.1 Å². The normalized spacial score (nSPS) is 11.0. The molecule has 0 aliphatic heterocycles. The van der Waals surface area contributed by atoms with E-state index in [2.05, 4.69) is 62.6 Å². The molecule has 0 aliphatic rings. The van der Waals surface area contributed by atoms with Crippen molar-refractivity contribution in [3.8, 4) is 0 Å². The van der Waals surface area contributed by atoms with Gasteiger partial charge in [-0.1, -0.05) is 30.3 Å². The standard InChI is InChI=1S/C15H13BrN2/c1-11-5-2-3-6-12(11)9-15-17-10-13-7-4-8-14(16)18(13)15/h2-8,10H,9H2,1H3. The summed E-state index contributed by atoms with van der Waals surface area (Å²) < 4.78 is 3.19. The zero-order valence-electron chi connectivity index (χ0n) is 10.1. The monoisotopic (exact) mass is 300 g/mol. The summed E-state index contributed by atoms with van der Waals surface area (Å²) >= 11 is 3.58. The van der Waals surface area contributed by atoms with Gasteiger partial charge < -0.3 is 0 Å². The molecule has 0 saturated carbocycles. The molecule has 0 amide bonds. The highest BCUT2D eigenvalue weighted by atomic mass is 79.9. The first-order chi connectivity index (χ1) is 8.75. The van der Waals surface area contributed by atoms with Crippen molar-refractivity contribution in [1.82, 2.24) is 9.38 Å². The van der Waals surface area contributed by atoms with Crippen LogP contribution in [-0.2, 0) is 6.42 Å². The first kappa shape index (κ1) is 11.5. The predicted octanol–water partition coefficient (Wildman–Crippen LogP) is 4.00. The summed E-state index contributed by atoms with van der Waals surface area (Å²) in [4.78, 5) is 4.53. The topological polar surface area (TPSA) is 17.3 Å². The van der Waals surface area contributed by atoms with Gasteiger partial charge in [0.2, 0.25) is 0 Å². The first-order valence-electron chi connectivity index (χ1n) is 5.91. The minimum Gasteiger partial charge on any atom is -0.290 e. The summed E-state index contributed by atoms with van der Waals surface area (Å²) in [6.45, 7) is 2.14. The molecule has 2 heterocycles. The first-order valence-corrected chi connectivity index (χ1v) is 6.70. The lowest BCUT2D eigenvalue weighted by molar-refractivity contribution is 0.940. The number of halogens is 1. The van der Waals surface area contributed by atoms with Crippen molar-refractivity contribution in [1.29, 1.82) is 0 Å². The molecule has 1 aromatic carbocycles. The van der Waals surface area contributed by atoms with Crippen molar-refractivity contribution >= 4 is 21.4 Å². The van der Waals surface area contributed by atoms with E-state index in [9.17, 15) is 0 Å². The Bertz CT molecular complexity index is 701. The molecule has 0 spiro atoms. The maximum atomic E-state index is 4.53. The number of benzene rings is 1. The van der Waals surface area contributed by atoms with Crippen LogP contribution in [0.5, 0.6) is 0 Å². The van der Waals surface area contributed by atoms with Gasteiger partial charge in [0.25, 0.3) is 0 Å². The molecule has 0 saturated heterocycles. The minimum absolute atomic E-state index is 0.851. The molecule has 90 valence electrons. The zero-order chi connectivity index (χ0) is 12.5. The van der Waals surface area contributed by atoms with Gasteiger partial charge in [0.1, 0.15) is 5.82 Å². The smallest absolute Gasteiger partial charge is 0.118 e. The van der Waals surface area contributed by atoms with E-state index in [4.69, 9.17) is 0 Å². The van der Waals surface area contributed by atoms with Crippen molar-refractivity contribution in [2.24, 2.45) is 0 Å². The number of pyridine rings is 1. The second-order valence-corrected chi connectivity index (χ2v) is 5.20. The van der Waals surface area contributed by atoms with Crippen LogP contribution in [-0.4, -0.2) is 9.38 Å². The molecule has 3 rings (SSSR count). The van der Waals surface area contributed by atoms with Gasteiger partial charge in [0.15, 0.2) is 0 Å². The maximum absolute atomic E-state index is 4.53. The molecular formula is C15H13BrN2. The fraction of sp³-hybridized carbons (Fsp3) is 0.133. The molecular weight excluding hydrogens is 288 g/mol. The van der Waals surface area contributed by atoms with Gasteiger partial charge in [-0.2, -0.15) is 0 Å². The summed E-state index contributed by atoms with van der Waals surface area (Å²) in [6, 6.07) is 14.6. The number of rotatable bonds is 2.